The van der Waals surface area contributed by atoms with E-state index in [0.717, 1.165) is 12.1 Å². The number of halogens is 2. The van der Waals surface area contributed by atoms with E-state index in [9.17, 15) is 22.4 Å². The number of ether oxygens (including phenoxy) is 1. The van der Waals surface area contributed by atoms with E-state index in [1.165, 1.54) is 16.4 Å². The summed E-state index contributed by atoms with van der Waals surface area (Å²) in [4.78, 5) is 24.3. The predicted octanol–water partition coefficient (Wildman–Crippen LogP) is 3.06. The van der Waals surface area contributed by atoms with Gasteiger partial charge in [0.1, 0.15) is 5.82 Å². The Balaban J connectivity index is 1.56. The highest BCUT2D eigenvalue weighted by Crippen LogP contribution is 2.25. The summed E-state index contributed by atoms with van der Waals surface area (Å²) >= 11 is 5.85. The molecule has 0 spiro atoms. The summed E-state index contributed by atoms with van der Waals surface area (Å²) in [5.74, 6) is -2.40. The maximum Gasteiger partial charge on any atom is 0.310 e. The smallest absolute Gasteiger partial charge is 0.310 e. The second-order valence-corrected chi connectivity index (χ2v) is 9.20. The van der Waals surface area contributed by atoms with Gasteiger partial charge < -0.3 is 10.1 Å². The molecule has 0 saturated carbocycles. The molecule has 3 rings (SSSR count). The number of hydrogen-bond acceptors (Lipinski definition) is 5. The van der Waals surface area contributed by atoms with Gasteiger partial charge in [0.25, 0.3) is 5.91 Å². The summed E-state index contributed by atoms with van der Waals surface area (Å²) in [6.07, 6.45) is 0.916. The lowest BCUT2D eigenvalue weighted by molar-refractivity contribution is -0.152. The van der Waals surface area contributed by atoms with Crippen molar-refractivity contribution in [1.29, 1.82) is 0 Å². The maximum absolute atomic E-state index is 13.1. The molecular formula is C20H20ClFN2O5S. The first-order valence-corrected chi connectivity index (χ1v) is 11.1. The van der Waals surface area contributed by atoms with Crippen molar-refractivity contribution in [3.8, 4) is 0 Å². The molecule has 1 unspecified atom stereocenters. The molecule has 2 aromatic rings. The largest absolute Gasteiger partial charge is 0.455 e. The van der Waals surface area contributed by atoms with Crippen LogP contribution in [0.1, 0.15) is 12.8 Å². The Bertz CT molecular complexity index is 1030. The molecule has 2 aromatic carbocycles. The molecule has 1 aliphatic heterocycles. The highest BCUT2D eigenvalue weighted by Gasteiger charge is 2.34. The molecule has 1 N–H and O–H groups in total. The number of benzene rings is 2. The molecule has 160 valence electrons. The van der Waals surface area contributed by atoms with Crippen LogP contribution in [0.5, 0.6) is 0 Å². The highest BCUT2D eigenvalue weighted by atomic mass is 35.5. The first kappa shape index (κ1) is 22.2. The first-order chi connectivity index (χ1) is 14.3. The molecule has 0 aromatic heterocycles. The minimum Gasteiger partial charge on any atom is -0.455 e. The number of rotatable bonds is 6. The fourth-order valence-corrected chi connectivity index (χ4v) is 4.84. The van der Waals surface area contributed by atoms with Crippen molar-refractivity contribution in [2.24, 2.45) is 5.92 Å². The molecule has 0 aliphatic carbocycles. The summed E-state index contributed by atoms with van der Waals surface area (Å²) in [6.45, 7) is -0.306. The zero-order valence-corrected chi connectivity index (χ0v) is 17.5. The van der Waals surface area contributed by atoms with Gasteiger partial charge in [0.15, 0.2) is 6.61 Å². The van der Waals surface area contributed by atoms with Crippen LogP contribution in [0.25, 0.3) is 0 Å². The van der Waals surface area contributed by atoms with E-state index >= 15 is 0 Å². The molecule has 1 saturated heterocycles. The molecule has 0 bridgehead atoms. The summed E-state index contributed by atoms with van der Waals surface area (Å²) in [5.41, 5.74) is 0.470. The van der Waals surface area contributed by atoms with Crippen molar-refractivity contribution in [3.05, 3.63) is 59.4 Å². The van der Waals surface area contributed by atoms with Crippen LogP contribution in [0, 0.1) is 11.7 Å². The SMILES string of the molecule is O=C(COC(=O)C1CCCN(S(=O)(=O)c2ccc(F)cc2)C1)Nc1cccc(Cl)c1. The number of carbonyl (C=O) groups excluding carboxylic acids is 2. The number of anilines is 1. The lowest BCUT2D eigenvalue weighted by Crippen LogP contribution is -2.43. The van der Waals surface area contributed by atoms with Crippen LogP contribution in [-0.4, -0.2) is 44.3 Å². The zero-order chi connectivity index (χ0) is 21.7. The minimum absolute atomic E-state index is 0.0428. The number of sulfonamides is 1. The fraction of sp³-hybridized carbons (Fsp3) is 0.300. The van der Waals surface area contributed by atoms with Gasteiger partial charge >= 0.3 is 5.97 Å². The van der Waals surface area contributed by atoms with E-state index in [1.54, 1.807) is 24.3 Å². The Kier molecular flexibility index (Phi) is 7.06. The van der Waals surface area contributed by atoms with Crippen molar-refractivity contribution >= 4 is 39.2 Å². The molecule has 1 aliphatic rings. The Morgan fingerprint density at radius 3 is 2.63 bits per heavy atom. The maximum atomic E-state index is 13.1. The Morgan fingerprint density at radius 1 is 1.20 bits per heavy atom. The van der Waals surface area contributed by atoms with Gasteiger partial charge in [-0.1, -0.05) is 17.7 Å². The highest BCUT2D eigenvalue weighted by molar-refractivity contribution is 7.89. The second-order valence-electron chi connectivity index (χ2n) is 6.82. The molecule has 1 atom stereocenters. The average Bonchev–Trinajstić information content (AvgIpc) is 2.72. The second kappa shape index (κ2) is 9.55. The number of carbonyl (C=O) groups is 2. The van der Waals surface area contributed by atoms with Crippen LogP contribution >= 0.6 is 11.6 Å². The number of hydrogen-bond donors (Lipinski definition) is 1. The van der Waals surface area contributed by atoms with Crippen molar-refractivity contribution in [1.82, 2.24) is 4.31 Å². The van der Waals surface area contributed by atoms with Gasteiger partial charge in [-0.2, -0.15) is 4.31 Å². The fourth-order valence-electron chi connectivity index (χ4n) is 3.13. The van der Waals surface area contributed by atoms with Crippen molar-refractivity contribution in [2.45, 2.75) is 17.7 Å². The van der Waals surface area contributed by atoms with E-state index in [0.29, 0.717) is 23.6 Å². The lowest BCUT2D eigenvalue weighted by atomic mass is 10.00. The summed E-state index contributed by atoms with van der Waals surface area (Å²) < 4.78 is 44.8. The number of piperidine rings is 1. The molecule has 1 amide bonds. The van der Waals surface area contributed by atoms with Gasteiger partial charge in [-0.15, -0.1) is 0 Å². The van der Waals surface area contributed by atoms with Crippen LogP contribution in [0.15, 0.2) is 53.4 Å². The standard InChI is InChI=1S/C20H20ClFN2O5S/c21-15-4-1-5-17(11-15)23-19(25)13-29-20(26)14-3-2-10-24(12-14)30(27,28)18-8-6-16(22)7-9-18/h1,4-9,11,14H,2-3,10,12-13H2,(H,23,25). The lowest BCUT2D eigenvalue weighted by Gasteiger charge is -2.30. The normalized spacial score (nSPS) is 17.3. The quantitative estimate of drug-likeness (QED) is 0.677. The molecule has 0 radical (unpaired) electrons. The van der Waals surface area contributed by atoms with E-state index in [2.05, 4.69) is 5.32 Å². The van der Waals surface area contributed by atoms with Crippen molar-refractivity contribution < 1.29 is 27.1 Å². The Morgan fingerprint density at radius 2 is 1.93 bits per heavy atom. The third-order valence-electron chi connectivity index (χ3n) is 4.62. The number of esters is 1. The number of nitrogens with zero attached hydrogens (tertiary/aromatic N) is 1. The van der Waals surface area contributed by atoms with Crippen LogP contribution in [0.3, 0.4) is 0 Å². The number of amides is 1. The van der Waals surface area contributed by atoms with Gasteiger partial charge in [-0.25, -0.2) is 12.8 Å². The van der Waals surface area contributed by atoms with E-state index in [-0.39, 0.29) is 18.0 Å². The Labute approximate surface area is 178 Å². The monoisotopic (exact) mass is 454 g/mol. The van der Waals surface area contributed by atoms with Crippen LogP contribution in [0.2, 0.25) is 5.02 Å². The van der Waals surface area contributed by atoms with Gasteiger partial charge in [-0.05, 0) is 55.3 Å². The molecule has 1 heterocycles. The average molecular weight is 455 g/mol. The zero-order valence-electron chi connectivity index (χ0n) is 15.9. The molecule has 7 nitrogen and oxygen atoms in total. The number of nitrogens with one attached hydrogen (secondary N) is 1. The molecular weight excluding hydrogens is 435 g/mol. The van der Waals surface area contributed by atoms with E-state index in [1.807, 2.05) is 0 Å². The van der Waals surface area contributed by atoms with Crippen molar-refractivity contribution in [2.75, 3.05) is 25.0 Å². The summed E-state index contributed by atoms with van der Waals surface area (Å²) in [5, 5.41) is 3.02. The van der Waals surface area contributed by atoms with Gasteiger partial charge in [-0.3, -0.25) is 9.59 Å². The molecule has 1 fully saturated rings. The molecule has 10 heteroatoms. The predicted molar refractivity (Wildman–Crippen MR) is 109 cm³/mol. The van der Waals surface area contributed by atoms with Crippen LogP contribution in [-0.2, 0) is 24.3 Å². The third kappa shape index (κ3) is 5.56. The molecule has 30 heavy (non-hydrogen) atoms. The summed E-state index contributed by atoms with van der Waals surface area (Å²) in [7, 11) is -3.85. The van der Waals surface area contributed by atoms with Crippen LogP contribution < -0.4 is 5.32 Å². The van der Waals surface area contributed by atoms with E-state index < -0.39 is 40.2 Å². The van der Waals surface area contributed by atoms with Gasteiger partial charge in [0.2, 0.25) is 10.0 Å². The van der Waals surface area contributed by atoms with E-state index in [4.69, 9.17) is 16.3 Å². The first-order valence-electron chi connectivity index (χ1n) is 9.23. The topological polar surface area (TPSA) is 92.8 Å². The van der Waals surface area contributed by atoms with Crippen molar-refractivity contribution in [3.63, 3.8) is 0 Å². The van der Waals surface area contributed by atoms with Crippen LogP contribution in [0.4, 0.5) is 10.1 Å². The summed E-state index contributed by atoms with van der Waals surface area (Å²) in [6, 6.07) is 11.0. The van der Waals surface area contributed by atoms with Gasteiger partial charge in [0.05, 0.1) is 10.8 Å². The Hall–Kier alpha value is -2.49. The third-order valence-corrected chi connectivity index (χ3v) is 6.74. The van der Waals surface area contributed by atoms with Gasteiger partial charge in [0, 0.05) is 23.8 Å². The minimum atomic E-state index is -3.85.